The largest absolute Gasteiger partial charge is 0.431 e. The number of carbonyl (C=O) groups excluding carboxylic acids is 1. The Morgan fingerprint density at radius 2 is 1.84 bits per heavy atom. The maximum absolute atomic E-state index is 12.5. The summed E-state index contributed by atoms with van der Waals surface area (Å²) in [5, 5.41) is 2.40. The van der Waals surface area contributed by atoms with E-state index in [1.54, 1.807) is 19.1 Å². The van der Waals surface area contributed by atoms with Crippen LogP contribution >= 0.6 is 11.8 Å². The van der Waals surface area contributed by atoms with Crippen molar-refractivity contribution in [3.05, 3.63) is 54.1 Å². The van der Waals surface area contributed by atoms with Crippen molar-refractivity contribution >= 4 is 34.5 Å². The quantitative estimate of drug-likeness (QED) is 0.663. The lowest BCUT2D eigenvalue weighted by molar-refractivity contribution is -0.137. The smallest absolute Gasteiger partial charge is 0.416 e. The van der Waals surface area contributed by atoms with Crippen molar-refractivity contribution in [2.75, 3.05) is 5.32 Å². The zero-order valence-electron chi connectivity index (χ0n) is 13.0. The van der Waals surface area contributed by atoms with Gasteiger partial charge < -0.3 is 9.73 Å². The molecule has 0 aliphatic heterocycles. The number of benzene rings is 2. The predicted molar refractivity (Wildman–Crippen MR) is 89.4 cm³/mol. The second-order valence-electron chi connectivity index (χ2n) is 5.27. The molecular formula is C17H13F3N2O2S. The van der Waals surface area contributed by atoms with Crippen LogP contribution in [-0.4, -0.2) is 16.1 Å². The number of oxazole rings is 1. The van der Waals surface area contributed by atoms with E-state index in [0.29, 0.717) is 22.0 Å². The predicted octanol–water partition coefficient (Wildman–Crippen LogP) is 4.97. The normalized spacial score (nSPS) is 13.0. The Bertz CT molecular complexity index is 858. The van der Waals surface area contributed by atoms with Gasteiger partial charge in [-0.25, -0.2) is 4.98 Å². The van der Waals surface area contributed by atoms with Gasteiger partial charge in [0.2, 0.25) is 5.91 Å². The van der Waals surface area contributed by atoms with Crippen LogP contribution in [0.3, 0.4) is 0 Å². The molecule has 1 amide bonds. The van der Waals surface area contributed by atoms with Gasteiger partial charge in [-0.2, -0.15) is 13.2 Å². The summed E-state index contributed by atoms with van der Waals surface area (Å²) in [5.41, 5.74) is 0.850. The molecule has 1 aromatic heterocycles. The van der Waals surface area contributed by atoms with E-state index in [1.807, 2.05) is 12.1 Å². The zero-order chi connectivity index (χ0) is 18.0. The Morgan fingerprint density at radius 1 is 1.16 bits per heavy atom. The fourth-order valence-electron chi connectivity index (χ4n) is 2.09. The van der Waals surface area contributed by atoms with Gasteiger partial charge in [-0.05, 0) is 43.3 Å². The average molecular weight is 366 g/mol. The maximum atomic E-state index is 12.5. The van der Waals surface area contributed by atoms with Gasteiger partial charge in [0, 0.05) is 5.69 Å². The standard InChI is InChI=1S/C17H13F3N2O2S/c1-10(25-16-22-13-4-2-3-5-14(13)24-16)15(23)21-12-8-6-11(7-9-12)17(18,19)20/h2-10H,1H3,(H,21,23)/t10-/m0/s1. The van der Waals surface area contributed by atoms with Crippen molar-refractivity contribution < 1.29 is 22.4 Å². The van der Waals surface area contributed by atoms with E-state index in [4.69, 9.17) is 4.42 Å². The summed E-state index contributed by atoms with van der Waals surface area (Å²) in [5.74, 6) is -0.355. The minimum absolute atomic E-state index is 0.294. The van der Waals surface area contributed by atoms with E-state index >= 15 is 0 Å². The number of rotatable bonds is 4. The number of nitrogens with one attached hydrogen (secondary N) is 1. The van der Waals surface area contributed by atoms with Crippen LogP contribution in [-0.2, 0) is 11.0 Å². The molecule has 1 atom stereocenters. The second-order valence-corrected chi connectivity index (χ2v) is 6.56. The summed E-state index contributed by atoms with van der Waals surface area (Å²) < 4.78 is 43.1. The van der Waals surface area contributed by atoms with Gasteiger partial charge in [0.25, 0.3) is 5.22 Å². The van der Waals surface area contributed by atoms with E-state index in [2.05, 4.69) is 10.3 Å². The van der Waals surface area contributed by atoms with Crippen molar-refractivity contribution in [1.29, 1.82) is 0 Å². The molecule has 0 saturated heterocycles. The average Bonchev–Trinajstić information content (AvgIpc) is 2.96. The van der Waals surface area contributed by atoms with Crippen molar-refractivity contribution in [1.82, 2.24) is 4.98 Å². The van der Waals surface area contributed by atoms with Gasteiger partial charge in [-0.3, -0.25) is 4.79 Å². The van der Waals surface area contributed by atoms with Crippen LogP contribution in [0.5, 0.6) is 0 Å². The molecule has 4 nitrogen and oxygen atoms in total. The summed E-state index contributed by atoms with van der Waals surface area (Å²) >= 11 is 1.13. The van der Waals surface area contributed by atoms with Crippen LogP contribution in [0.25, 0.3) is 11.1 Å². The molecule has 3 aromatic rings. The van der Waals surface area contributed by atoms with E-state index in [9.17, 15) is 18.0 Å². The first-order chi connectivity index (χ1) is 11.8. The minimum Gasteiger partial charge on any atom is -0.431 e. The number of anilines is 1. The third-order valence-corrected chi connectivity index (χ3v) is 4.34. The fraction of sp³-hybridized carbons (Fsp3) is 0.176. The van der Waals surface area contributed by atoms with Crippen molar-refractivity contribution in [2.24, 2.45) is 0 Å². The monoisotopic (exact) mass is 366 g/mol. The van der Waals surface area contributed by atoms with Gasteiger partial charge in [0.05, 0.1) is 10.8 Å². The lowest BCUT2D eigenvalue weighted by atomic mass is 10.2. The molecule has 1 heterocycles. The number of carbonyl (C=O) groups is 1. The minimum atomic E-state index is -4.40. The molecule has 2 aromatic carbocycles. The van der Waals surface area contributed by atoms with E-state index < -0.39 is 17.0 Å². The first-order valence-corrected chi connectivity index (χ1v) is 8.21. The molecule has 0 bridgehead atoms. The van der Waals surface area contributed by atoms with Crippen molar-refractivity contribution in [3.8, 4) is 0 Å². The number of thioether (sulfide) groups is 1. The van der Waals surface area contributed by atoms with Gasteiger partial charge in [-0.15, -0.1) is 0 Å². The highest BCUT2D eigenvalue weighted by atomic mass is 32.2. The maximum Gasteiger partial charge on any atom is 0.416 e. The van der Waals surface area contributed by atoms with Crippen LogP contribution in [0.1, 0.15) is 12.5 Å². The third-order valence-electron chi connectivity index (χ3n) is 3.40. The van der Waals surface area contributed by atoms with E-state index in [0.717, 1.165) is 23.9 Å². The van der Waals surface area contributed by atoms with Gasteiger partial charge in [0.15, 0.2) is 5.58 Å². The number of aromatic nitrogens is 1. The first-order valence-electron chi connectivity index (χ1n) is 7.33. The highest BCUT2D eigenvalue weighted by Gasteiger charge is 2.30. The first kappa shape index (κ1) is 17.3. The van der Waals surface area contributed by atoms with E-state index in [1.165, 1.54) is 12.1 Å². The molecule has 0 spiro atoms. The number of hydrogen-bond acceptors (Lipinski definition) is 4. The van der Waals surface area contributed by atoms with Crippen LogP contribution < -0.4 is 5.32 Å². The number of nitrogens with zero attached hydrogens (tertiary/aromatic N) is 1. The Balaban J connectivity index is 1.64. The molecule has 3 rings (SSSR count). The van der Waals surface area contributed by atoms with Crippen LogP contribution in [0.15, 0.2) is 58.2 Å². The van der Waals surface area contributed by atoms with Crippen molar-refractivity contribution in [3.63, 3.8) is 0 Å². The van der Waals surface area contributed by atoms with Gasteiger partial charge in [0.1, 0.15) is 5.52 Å². The fourth-order valence-corrected chi connectivity index (χ4v) is 2.85. The number of amides is 1. The van der Waals surface area contributed by atoms with Gasteiger partial charge >= 0.3 is 6.18 Å². The summed E-state index contributed by atoms with van der Waals surface area (Å²) in [7, 11) is 0. The van der Waals surface area contributed by atoms with Crippen LogP contribution in [0, 0.1) is 0 Å². The molecule has 0 aliphatic carbocycles. The zero-order valence-corrected chi connectivity index (χ0v) is 13.8. The Hall–Kier alpha value is -2.48. The Kier molecular flexibility index (Phi) is 4.71. The summed E-state index contributed by atoms with van der Waals surface area (Å²) in [6.45, 7) is 1.67. The number of fused-ring (bicyclic) bond motifs is 1. The third kappa shape index (κ3) is 4.14. The number of halogens is 3. The van der Waals surface area contributed by atoms with Gasteiger partial charge in [-0.1, -0.05) is 23.9 Å². The summed E-state index contributed by atoms with van der Waals surface area (Å²) in [4.78, 5) is 16.5. The number of hydrogen-bond donors (Lipinski definition) is 1. The summed E-state index contributed by atoms with van der Waals surface area (Å²) in [6, 6.07) is 11.5. The summed E-state index contributed by atoms with van der Waals surface area (Å²) in [6.07, 6.45) is -4.40. The molecule has 25 heavy (non-hydrogen) atoms. The number of para-hydroxylation sites is 2. The topological polar surface area (TPSA) is 55.1 Å². The second kappa shape index (κ2) is 6.79. The van der Waals surface area contributed by atoms with E-state index in [-0.39, 0.29) is 5.91 Å². The van der Waals surface area contributed by atoms with Crippen molar-refractivity contribution in [2.45, 2.75) is 23.6 Å². The Morgan fingerprint density at radius 3 is 2.48 bits per heavy atom. The molecule has 0 unspecified atom stereocenters. The molecule has 0 aliphatic rings. The van der Waals surface area contributed by atoms with Crippen LogP contribution in [0.4, 0.5) is 18.9 Å². The molecule has 1 N–H and O–H groups in total. The molecule has 0 radical (unpaired) electrons. The number of alkyl halides is 3. The molecule has 0 saturated carbocycles. The Labute approximate surface area is 145 Å². The SMILES string of the molecule is C[C@H](Sc1nc2ccccc2o1)C(=O)Nc1ccc(C(F)(F)F)cc1. The molecule has 8 heteroatoms. The molecule has 0 fully saturated rings. The highest BCUT2D eigenvalue weighted by Crippen LogP contribution is 2.30. The van der Waals surface area contributed by atoms with Crippen LogP contribution in [0.2, 0.25) is 0 Å². The molecule has 130 valence electrons. The highest BCUT2D eigenvalue weighted by molar-refractivity contribution is 8.00. The lowest BCUT2D eigenvalue weighted by Crippen LogP contribution is -2.22. The lowest BCUT2D eigenvalue weighted by Gasteiger charge is -2.11. The molecular weight excluding hydrogens is 353 g/mol.